The van der Waals surface area contributed by atoms with Gasteiger partial charge in [0.15, 0.2) is 15.8 Å². The van der Waals surface area contributed by atoms with Crippen LogP contribution in [0.15, 0.2) is 70.6 Å². The van der Waals surface area contributed by atoms with E-state index in [9.17, 15) is 14.7 Å². The Morgan fingerprint density at radius 3 is 2.26 bits per heavy atom. The SMILES string of the molecule is COc1cc(C2/C(=C(/O)c3ccc(Cl)cc3)C(=O)C(=O)N2c2nnc(SCc3ccccc3Cl)s2)cc(OC)c1OC. The molecule has 9 nitrogen and oxygen atoms in total. The average molecular weight is 645 g/mol. The number of Topliss-reactive ketones (excluding diaryl/α,β-unsaturated/α-hetero) is 1. The number of anilines is 1. The molecule has 1 aromatic heterocycles. The van der Waals surface area contributed by atoms with Crippen LogP contribution in [0, 0.1) is 0 Å². The van der Waals surface area contributed by atoms with Crippen LogP contribution in [-0.2, 0) is 15.3 Å². The fourth-order valence-corrected chi connectivity index (χ4v) is 6.76. The van der Waals surface area contributed by atoms with Crippen molar-refractivity contribution in [1.29, 1.82) is 0 Å². The van der Waals surface area contributed by atoms with Crippen LogP contribution in [0.1, 0.15) is 22.7 Å². The maximum absolute atomic E-state index is 13.6. The van der Waals surface area contributed by atoms with Gasteiger partial charge < -0.3 is 19.3 Å². The molecule has 1 atom stereocenters. The molecule has 1 amide bonds. The number of carbonyl (C=O) groups excluding carboxylic acids is 2. The van der Waals surface area contributed by atoms with Gasteiger partial charge >= 0.3 is 5.91 Å². The zero-order valence-electron chi connectivity index (χ0n) is 22.5. The number of hydrogen-bond donors (Lipinski definition) is 1. The Morgan fingerprint density at radius 2 is 1.64 bits per heavy atom. The fourth-order valence-electron chi connectivity index (χ4n) is 4.48. The lowest BCUT2D eigenvalue weighted by Gasteiger charge is -2.24. The summed E-state index contributed by atoms with van der Waals surface area (Å²) in [5, 5.41) is 21.1. The van der Waals surface area contributed by atoms with Crippen molar-refractivity contribution in [2.24, 2.45) is 0 Å². The second kappa shape index (κ2) is 12.6. The van der Waals surface area contributed by atoms with Crippen molar-refractivity contribution in [2.75, 3.05) is 26.2 Å². The summed E-state index contributed by atoms with van der Waals surface area (Å²) in [5.41, 5.74) is 1.50. The molecule has 216 valence electrons. The Hall–Kier alpha value is -3.77. The monoisotopic (exact) mass is 643 g/mol. The molecule has 0 radical (unpaired) electrons. The zero-order valence-corrected chi connectivity index (χ0v) is 25.6. The molecule has 13 heteroatoms. The third kappa shape index (κ3) is 5.65. The number of hydrogen-bond acceptors (Lipinski definition) is 10. The van der Waals surface area contributed by atoms with Crippen molar-refractivity contribution < 1.29 is 28.9 Å². The van der Waals surface area contributed by atoms with Crippen LogP contribution in [0.2, 0.25) is 10.0 Å². The summed E-state index contributed by atoms with van der Waals surface area (Å²) in [4.78, 5) is 28.4. The second-order valence-corrected chi connectivity index (χ2v) is 11.9. The molecule has 1 saturated heterocycles. The van der Waals surface area contributed by atoms with Gasteiger partial charge in [-0.15, -0.1) is 10.2 Å². The van der Waals surface area contributed by atoms with Crippen molar-refractivity contribution in [3.8, 4) is 17.2 Å². The van der Waals surface area contributed by atoms with Gasteiger partial charge in [0.1, 0.15) is 5.76 Å². The summed E-state index contributed by atoms with van der Waals surface area (Å²) in [7, 11) is 4.38. The van der Waals surface area contributed by atoms with E-state index in [1.807, 2.05) is 18.2 Å². The number of halogens is 2. The van der Waals surface area contributed by atoms with Crippen molar-refractivity contribution in [3.63, 3.8) is 0 Å². The lowest BCUT2D eigenvalue weighted by Crippen LogP contribution is -2.29. The highest BCUT2D eigenvalue weighted by atomic mass is 35.5. The molecule has 2 heterocycles. The van der Waals surface area contributed by atoms with Crippen LogP contribution in [0.4, 0.5) is 5.13 Å². The van der Waals surface area contributed by atoms with Crippen LogP contribution >= 0.6 is 46.3 Å². The summed E-state index contributed by atoms with van der Waals surface area (Å²) >= 11 is 14.9. The molecule has 0 aliphatic carbocycles. The number of aliphatic hydroxyl groups excluding tert-OH is 1. The van der Waals surface area contributed by atoms with E-state index in [0.29, 0.717) is 48.5 Å². The van der Waals surface area contributed by atoms with Gasteiger partial charge in [-0.1, -0.05) is 64.5 Å². The molecule has 1 fully saturated rings. The standard InChI is InChI=1S/C29H23Cl2N3O6S2/c1-38-20-12-17(13-21(39-2)26(20)40-3)23-22(24(35)15-8-10-18(30)11-9-15)25(36)27(37)34(23)28-32-33-29(42-28)41-14-16-6-4-5-7-19(16)31/h4-13,23,35H,14H2,1-3H3/b24-22-. The highest BCUT2D eigenvalue weighted by Gasteiger charge is 2.49. The molecular formula is C29H23Cl2N3O6S2. The molecule has 5 rings (SSSR count). The van der Waals surface area contributed by atoms with Crippen LogP contribution < -0.4 is 19.1 Å². The van der Waals surface area contributed by atoms with Crippen LogP contribution in [-0.4, -0.2) is 48.3 Å². The van der Waals surface area contributed by atoms with Gasteiger partial charge in [0.05, 0.1) is 32.9 Å². The van der Waals surface area contributed by atoms with E-state index in [-0.39, 0.29) is 16.5 Å². The lowest BCUT2D eigenvalue weighted by atomic mass is 9.95. The quantitative estimate of drug-likeness (QED) is 0.0692. The summed E-state index contributed by atoms with van der Waals surface area (Å²) in [5.74, 6) is -0.671. The number of aromatic nitrogens is 2. The molecule has 3 aromatic carbocycles. The van der Waals surface area contributed by atoms with Gasteiger partial charge in [0, 0.05) is 21.4 Å². The van der Waals surface area contributed by atoms with E-state index in [4.69, 9.17) is 37.4 Å². The Kier molecular flexibility index (Phi) is 8.93. The number of methoxy groups -OCH3 is 3. The summed E-state index contributed by atoms with van der Waals surface area (Å²) in [6.07, 6.45) is 0. The van der Waals surface area contributed by atoms with E-state index < -0.39 is 17.7 Å². The normalized spacial score (nSPS) is 16.1. The molecule has 0 saturated carbocycles. The first kappa shape index (κ1) is 29.7. The molecule has 1 N–H and O–H groups in total. The summed E-state index contributed by atoms with van der Waals surface area (Å²) in [6, 6.07) is 15.9. The molecular weight excluding hydrogens is 621 g/mol. The number of rotatable bonds is 9. The molecule has 1 aliphatic heterocycles. The van der Waals surface area contributed by atoms with E-state index in [1.54, 1.807) is 42.5 Å². The van der Waals surface area contributed by atoms with Gasteiger partial charge in [0.25, 0.3) is 5.78 Å². The van der Waals surface area contributed by atoms with Crippen LogP contribution in [0.25, 0.3) is 5.76 Å². The van der Waals surface area contributed by atoms with Crippen LogP contribution in [0.3, 0.4) is 0 Å². The van der Waals surface area contributed by atoms with E-state index in [0.717, 1.165) is 16.9 Å². The van der Waals surface area contributed by atoms with E-state index in [2.05, 4.69) is 10.2 Å². The van der Waals surface area contributed by atoms with Gasteiger partial charge in [-0.2, -0.15) is 0 Å². The van der Waals surface area contributed by atoms with Gasteiger partial charge in [0.2, 0.25) is 10.9 Å². The largest absolute Gasteiger partial charge is 0.507 e. The lowest BCUT2D eigenvalue weighted by molar-refractivity contribution is -0.132. The number of carbonyl (C=O) groups is 2. The molecule has 4 aromatic rings. The summed E-state index contributed by atoms with van der Waals surface area (Å²) < 4.78 is 17.1. The number of ether oxygens (including phenoxy) is 3. The number of aliphatic hydroxyl groups is 1. The third-order valence-corrected chi connectivity index (χ3v) is 9.20. The molecule has 0 spiro atoms. The predicted molar refractivity (Wildman–Crippen MR) is 163 cm³/mol. The first-order chi connectivity index (χ1) is 20.3. The second-order valence-electron chi connectivity index (χ2n) is 8.87. The Bertz CT molecular complexity index is 1670. The predicted octanol–water partition coefficient (Wildman–Crippen LogP) is 6.79. The number of thioether (sulfide) groups is 1. The van der Waals surface area contributed by atoms with Crippen molar-refractivity contribution >= 4 is 68.9 Å². The summed E-state index contributed by atoms with van der Waals surface area (Å²) in [6.45, 7) is 0. The van der Waals surface area contributed by atoms with Gasteiger partial charge in [-0.25, -0.2) is 0 Å². The first-order valence-electron chi connectivity index (χ1n) is 12.3. The minimum absolute atomic E-state index is 0.142. The fraction of sp³-hybridized carbons (Fsp3) is 0.172. The topological polar surface area (TPSA) is 111 Å². The third-order valence-electron chi connectivity index (χ3n) is 6.48. The zero-order chi connectivity index (χ0) is 30.0. The number of nitrogens with zero attached hydrogens (tertiary/aromatic N) is 3. The Balaban J connectivity index is 1.62. The van der Waals surface area contributed by atoms with Crippen LogP contribution in [0.5, 0.6) is 17.2 Å². The minimum atomic E-state index is -1.09. The number of ketones is 1. The van der Waals surface area contributed by atoms with Crippen molar-refractivity contribution in [2.45, 2.75) is 16.1 Å². The average Bonchev–Trinajstić information content (AvgIpc) is 3.57. The highest BCUT2D eigenvalue weighted by molar-refractivity contribution is 8.00. The first-order valence-corrected chi connectivity index (χ1v) is 14.9. The highest BCUT2D eigenvalue weighted by Crippen LogP contribution is 2.48. The maximum atomic E-state index is 13.6. The van der Waals surface area contributed by atoms with E-state index >= 15 is 0 Å². The molecule has 42 heavy (non-hydrogen) atoms. The Morgan fingerprint density at radius 1 is 0.976 bits per heavy atom. The molecule has 1 unspecified atom stereocenters. The van der Waals surface area contributed by atoms with Crippen molar-refractivity contribution in [1.82, 2.24) is 10.2 Å². The number of amides is 1. The Labute approximate surface area is 259 Å². The molecule has 0 bridgehead atoms. The smallest absolute Gasteiger partial charge is 0.301 e. The van der Waals surface area contributed by atoms with Gasteiger partial charge in [-0.3, -0.25) is 14.5 Å². The van der Waals surface area contributed by atoms with Gasteiger partial charge in [-0.05, 0) is 53.6 Å². The minimum Gasteiger partial charge on any atom is -0.507 e. The van der Waals surface area contributed by atoms with E-state index in [1.165, 1.54) is 38.0 Å². The molecule has 1 aliphatic rings. The maximum Gasteiger partial charge on any atom is 0.301 e. The van der Waals surface area contributed by atoms with Crippen molar-refractivity contribution in [3.05, 3.63) is 93.0 Å². The number of benzene rings is 3.